The van der Waals surface area contributed by atoms with Gasteiger partial charge < -0.3 is 0 Å². The van der Waals surface area contributed by atoms with Crippen molar-refractivity contribution in [2.24, 2.45) is 0 Å². The second kappa shape index (κ2) is 8.26. The van der Waals surface area contributed by atoms with Crippen molar-refractivity contribution in [3.8, 4) is 0 Å². The van der Waals surface area contributed by atoms with Gasteiger partial charge in [-0.1, -0.05) is 81.9 Å². The summed E-state index contributed by atoms with van der Waals surface area (Å²) in [5.41, 5.74) is 4.80. The number of fused-ring (bicyclic) bond motifs is 3. The number of carbonyl (C=O) groups excluding carboxylic acids is 2. The number of allylic oxidation sites excluding steroid dienone is 2. The lowest BCUT2D eigenvalue weighted by molar-refractivity contribution is -0.510. The van der Waals surface area contributed by atoms with E-state index < -0.39 is 0 Å². The SMILES string of the molecule is O=C1C2=C(C(=O)c3ccccc31)[N+](Cc1ccc3ccccc3n1)=C=[N+]2Cc1ccc2ccccc2n1. The van der Waals surface area contributed by atoms with Crippen LogP contribution in [0, 0.1) is 0 Å². The van der Waals surface area contributed by atoms with E-state index in [1.165, 1.54) is 0 Å². The molecule has 0 N–H and O–H groups in total. The van der Waals surface area contributed by atoms with E-state index in [9.17, 15) is 9.59 Å². The van der Waals surface area contributed by atoms with E-state index >= 15 is 0 Å². The lowest BCUT2D eigenvalue weighted by Gasteiger charge is -2.11. The molecule has 0 fully saturated rings. The Balaban J connectivity index is 1.35. The fourth-order valence-corrected chi connectivity index (χ4v) is 5.04. The smallest absolute Gasteiger partial charge is 0.281 e. The highest BCUT2D eigenvalue weighted by atomic mass is 16.1. The Morgan fingerprint density at radius 2 is 0.973 bits per heavy atom. The van der Waals surface area contributed by atoms with Gasteiger partial charge in [-0.25, -0.2) is 9.97 Å². The summed E-state index contributed by atoms with van der Waals surface area (Å²) >= 11 is 0. The molecule has 7 rings (SSSR count). The summed E-state index contributed by atoms with van der Waals surface area (Å²) in [7, 11) is 0. The van der Waals surface area contributed by atoms with Crippen LogP contribution in [0.1, 0.15) is 32.1 Å². The zero-order valence-electron chi connectivity index (χ0n) is 19.8. The maximum absolute atomic E-state index is 13.7. The number of hydrogen-bond acceptors (Lipinski definition) is 4. The normalized spacial score (nSPS) is 14.6. The molecule has 0 atom stereocenters. The van der Waals surface area contributed by atoms with E-state index in [-0.39, 0.29) is 11.6 Å². The van der Waals surface area contributed by atoms with Crippen molar-refractivity contribution in [3.05, 3.63) is 131 Å². The van der Waals surface area contributed by atoms with Crippen LogP contribution in [0.25, 0.3) is 21.8 Å². The molecular formula is C31H20N4O2+2. The molecule has 3 heterocycles. The van der Waals surface area contributed by atoms with E-state index in [1.807, 2.05) is 72.8 Å². The van der Waals surface area contributed by atoms with Gasteiger partial charge in [0.05, 0.1) is 11.0 Å². The highest BCUT2D eigenvalue weighted by Gasteiger charge is 2.51. The molecule has 6 heteroatoms. The summed E-state index contributed by atoms with van der Waals surface area (Å²) in [6, 6.07) is 34.0. The van der Waals surface area contributed by atoms with Gasteiger partial charge in [0, 0.05) is 21.9 Å². The first-order chi connectivity index (χ1) is 18.2. The average molecular weight is 481 g/mol. The number of para-hydroxylation sites is 2. The standard InChI is InChI=1S/C31H20N4O2/c36-30-24-9-3-4-10-25(24)31(37)29-28(30)34(17-22-15-13-20-7-1-5-11-26(20)32-22)19-35(29)18-23-16-14-21-8-2-6-12-27(21)33-23/h1-16H,17-18H2/q+2. The van der Waals surface area contributed by atoms with Crippen LogP contribution < -0.4 is 0 Å². The zero-order valence-corrected chi connectivity index (χ0v) is 19.8. The number of benzene rings is 3. The van der Waals surface area contributed by atoms with Crippen LogP contribution in [0.4, 0.5) is 0 Å². The molecule has 0 saturated carbocycles. The summed E-state index contributed by atoms with van der Waals surface area (Å²) < 4.78 is 3.45. The maximum Gasteiger partial charge on any atom is 0.490 e. The predicted octanol–water partition coefficient (Wildman–Crippen LogP) is 4.99. The molecular weight excluding hydrogens is 460 g/mol. The lowest BCUT2D eigenvalue weighted by Crippen LogP contribution is -2.28. The fraction of sp³-hybridized carbons (Fsp3) is 0.0645. The van der Waals surface area contributed by atoms with E-state index in [1.54, 1.807) is 33.4 Å². The Bertz CT molecular complexity index is 1780. The van der Waals surface area contributed by atoms with Gasteiger partial charge in [-0.3, -0.25) is 9.59 Å². The monoisotopic (exact) mass is 480 g/mol. The van der Waals surface area contributed by atoms with Crippen molar-refractivity contribution in [2.75, 3.05) is 0 Å². The number of carbonyl (C=O) groups is 2. The van der Waals surface area contributed by atoms with Crippen LogP contribution in [-0.4, -0.2) is 36.7 Å². The number of Topliss-reactive ketones (excluding diaryl/α,β-unsaturated/α-hetero) is 2. The number of aromatic nitrogens is 2. The summed E-state index contributed by atoms with van der Waals surface area (Å²) in [5.74, 6) is -0.375. The Kier molecular flexibility index (Phi) is 4.74. The van der Waals surface area contributed by atoms with Crippen LogP contribution in [-0.2, 0) is 13.1 Å². The largest absolute Gasteiger partial charge is 0.490 e. The molecule has 0 bridgehead atoms. The zero-order chi connectivity index (χ0) is 24.9. The fourth-order valence-electron chi connectivity index (χ4n) is 5.04. The molecule has 1 aliphatic carbocycles. The molecule has 174 valence electrons. The van der Waals surface area contributed by atoms with E-state index in [4.69, 9.17) is 9.97 Å². The van der Waals surface area contributed by atoms with Gasteiger partial charge in [0.1, 0.15) is 11.4 Å². The molecule has 6 nitrogen and oxygen atoms in total. The third-order valence-electron chi connectivity index (χ3n) is 6.80. The lowest BCUT2D eigenvalue weighted by atomic mass is 9.90. The molecule has 2 aromatic heterocycles. The second-order valence-electron chi connectivity index (χ2n) is 9.16. The average Bonchev–Trinajstić information content (AvgIpc) is 3.29. The minimum atomic E-state index is -0.188. The molecule has 37 heavy (non-hydrogen) atoms. The summed E-state index contributed by atoms with van der Waals surface area (Å²) in [4.78, 5) is 36.9. The maximum atomic E-state index is 13.7. The number of nitrogens with zero attached hydrogens (tertiary/aromatic N) is 4. The van der Waals surface area contributed by atoms with Crippen LogP contribution >= 0.6 is 0 Å². The molecule has 0 radical (unpaired) electrons. The third-order valence-corrected chi connectivity index (χ3v) is 6.80. The van der Waals surface area contributed by atoms with Crippen LogP contribution in [0.5, 0.6) is 0 Å². The Hall–Kier alpha value is -5.06. The number of hydrogen-bond donors (Lipinski definition) is 0. The van der Waals surface area contributed by atoms with Crippen LogP contribution in [0.2, 0.25) is 0 Å². The first-order valence-corrected chi connectivity index (χ1v) is 12.1. The molecule has 1 aliphatic heterocycles. The van der Waals surface area contributed by atoms with Crippen molar-refractivity contribution >= 4 is 39.4 Å². The topological polar surface area (TPSA) is 65.9 Å². The molecule has 0 spiro atoms. The minimum Gasteiger partial charge on any atom is -0.281 e. The van der Waals surface area contributed by atoms with Gasteiger partial charge >= 0.3 is 17.4 Å². The van der Waals surface area contributed by atoms with Crippen LogP contribution in [0.3, 0.4) is 0 Å². The highest BCUT2D eigenvalue weighted by Crippen LogP contribution is 2.30. The number of ketones is 2. The Labute approximate surface area is 212 Å². The molecule has 0 unspecified atom stereocenters. The van der Waals surface area contributed by atoms with Crippen molar-refractivity contribution in [1.82, 2.24) is 9.97 Å². The van der Waals surface area contributed by atoms with Gasteiger partial charge in [0.2, 0.25) is 13.1 Å². The van der Waals surface area contributed by atoms with Gasteiger partial charge in [-0.2, -0.15) is 0 Å². The summed E-state index contributed by atoms with van der Waals surface area (Å²) in [5, 5.41) is 2.09. The van der Waals surface area contributed by atoms with Gasteiger partial charge in [0.15, 0.2) is 0 Å². The van der Waals surface area contributed by atoms with Crippen molar-refractivity contribution in [2.45, 2.75) is 13.1 Å². The summed E-state index contributed by atoms with van der Waals surface area (Å²) in [6.45, 7) is 0.624. The highest BCUT2D eigenvalue weighted by molar-refractivity contribution is 6.25. The third kappa shape index (κ3) is 3.51. The second-order valence-corrected chi connectivity index (χ2v) is 9.16. The number of pyridine rings is 2. The Morgan fingerprint density at radius 3 is 1.46 bits per heavy atom. The minimum absolute atomic E-state index is 0.188. The molecule has 3 aromatic carbocycles. The molecule has 0 amide bonds. The predicted molar refractivity (Wildman–Crippen MR) is 139 cm³/mol. The summed E-state index contributed by atoms with van der Waals surface area (Å²) in [6.07, 6.45) is 0. The van der Waals surface area contributed by atoms with Gasteiger partial charge in [-0.15, -0.1) is 0 Å². The number of rotatable bonds is 4. The molecule has 5 aromatic rings. The van der Waals surface area contributed by atoms with Gasteiger partial charge in [0.25, 0.3) is 11.6 Å². The van der Waals surface area contributed by atoms with Crippen molar-refractivity contribution in [1.29, 1.82) is 0 Å². The molecule has 2 aliphatic rings. The van der Waals surface area contributed by atoms with E-state index in [2.05, 4.69) is 6.01 Å². The first kappa shape index (κ1) is 21.2. The first-order valence-electron chi connectivity index (χ1n) is 12.1. The Morgan fingerprint density at radius 1 is 0.541 bits per heavy atom. The van der Waals surface area contributed by atoms with E-state index in [0.717, 1.165) is 33.2 Å². The van der Waals surface area contributed by atoms with Gasteiger partial charge in [-0.05, 0) is 24.3 Å². The molecule has 0 saturated heterocycles. The van der Waals surface area contributed by atoms with Crippen molar-refractivity contribution < 1.29 is 18.7 Å². The van der Waals surface area contributed by atoms with E-state index in [0.29, 0.717) is 35.6 Å². The van der Waals surface area contributed by atoms with Crippen molar-refractivity contribution in [3.63, 3.8) is 0 Å². The van der Waals surface area contributed by atoms with Crippen LogP contribution in [0.15, 0.2) is 108 Å². The quantitative estimate of drug-likeness (QED) is 0.340.